The van der Waals surface area contributed by atoms with Crippen molar-refractivity contribution in [3.63, 3.8) is 0 Å². The largest absolute Gasteiger partial charge is 0.480 e. The highest BCUT2D eigenvalue weighted by Crippen LogP contribution is 2.28. The average Bonchev–Trinajstić information content (AvgIpc) is 2.32. The molecule has 1 rings (SSSR count). The number of nitrogens with one attached hydrogen (secondary N) is 2. The zero-order valence-electron chi connectivity index (χ0n) is 12.5. The molecule has 6 heteroatoms. The molecule has 0 radical (unpaired) electrons. The van der Waals surface area contributed by atoms with Gasteiger partial charge in [0.1, 0.15) is 6.04 Å². The summed E-state index contributed by atoms with van der Waals surface area (Å²) in [4.78, 5) is 23.0. The fourth-order valence-electron chi connectivity index (χ4n) is 2.94. The highest BCUT2D eigenvalue weighted by Gasteiger charge is 2.26. The van der Waals surface area contributed by atoms with Gasteiger partial charge in [-0.3, -0.25) is 0 Å². The van der Waals surface area contributed by atoms with Gasteiger partial charge < -0.3 is 15.7 Å². The third-order valence-electron chi connectivity index (χ3n) is 3.73. The third-order valence-corrected chi connectivity index (χ3v) is 4.37. The first kappa shape index (κ1) is 17.1. The predicted molar refractivity (Wildman–Crippen MR) is 82.1 cm³/mol. The number of thioether (sulfide) groups is 1. The molecule has 0 spiro atoms. The molecule has 116 valence electrons. The molecular formula is C14H26N2O3S. The maximum absolute atomic E-state index is 11.9. The minimum Gasteiger partial charge on any atom is -0.480 e. The molecule has 20 heavy (non-hydrogen) atoms. The SMILES string of the molecule is CSCC[C@@H](NC(=O)NC1CC(C)CC(C)C1)C(=O)O. The maximum atomic E-state index is 11.9. The summed E-state index contributed by atoms with van der Waals surface area (Å²) in [6, 6.07) is -1.01. The molecule has 1 saturated carbocycles. The summed E-state index contributed by atoms with van der Waals surface area (Å²) in [5, 5.41) is 14.6. The summed E-state index contributed by atoms with van der Waals surface area (Å²) in [5.74, 6) is 0.959. The van der Waals surface area contributed by atoms with Crippen molar-refractivity contribution in [2.75, 3.05) is 12.0 Å². The molecule has 2 unspecified atom stereocenters. The van der Waals surface area contributed by atoms with Gasteiger partial charge in [0.25, 0.3) is 0 Å². The van der Waals surface area contributed by atoms with Crippen LogP contribution in [0.15, 0.2) is 0 Å². The average molecular weight is 302 g/mol. The number of hydrogen-bond donors (Lipinski definition) is 3. The monoisotopic (exact) mass is 302 g/mol. The number of carboxylic acid groups (broad SMARTS) is 1. The van der Waals surface area contributed by atoms with E-state index in [2.05, 4.69) is 24.5 Å². The first-order valence-electron chi connectivity index (χ1n) is 7.21. The van der Waals surface area contributed by atoms with Gasteiger partial charge in [0.2, 0.25) is 0 Å². The summed E-state index contributed by atoms with van der Waals surface area (Å²) in [6.45, 7) is 4.39. The zero-order chi connectivity index (χ0) is 15.1. The Morgan fingerprint density at radius 3 is 2.35 bits per heavy atom. The van der Waals surface area contributed by atoms with Gasteiger partial charge in [-0.1, -0.05) is 13.8 Å². The van der Waals surface area contributed by atoms with Crippen LogP contribution in [0.3, 0.4) is 0 Å². The summed E-state index contributed by atoms with van der Waals surface area (Å²) < 4.78 is 0. The van der Waals surface area contributed by atoms with Crippen molar-refractivity contribution < 1.29 is 14.7 Å². The Bertz CT molecular complexity index is 328. The lowest BCUT2D eigenvalue weighted by Crippen LogP contribution is -2.50. The first-order chi connectivity index (χ1) is 9.42. The molecule has 0 aromatic carbocycles. The van der Waals surface area contributed by atoms with Gasteiger partial charge in [-0.25, -0.2) is 9.59 Å². The van der Waals surface area contributed by atoms with Crippen molar-refractivity contribution in [3.8, 4) is 0 Å². The Morgan fingerprint density at radius 1 is 1.25 bits per heavy atom. The van der Waals surface area contributed by atoms with E-state index in [1.165, 1.54) is 6.42 Å². The van der Waals surface area contributed by atoms with E-state index in [1.807, 2.05) is 6.26 Å². The lowest BCUT2D eigenvalue weighted by molar-refractivity contribution is -0.139. The summed E-state index contributed by atoms with van der Waals surface area (Å²) in [5.41, 5.74) is 0. The molecule has 3 atom stereocenters. The second-order valence-electron chi connectivity index (χ2n) is 5.90. The highest BCUT2D eigenvalue weighted by molar-refractivity contribution is 7.98. The predicted octanol–water partition coefficient (Wildman–Crippen LogP) is 2.32. The van der Waals surface area contributed by atoms with E-state index >= 15 is 0 Å². The van der Waals surface area contributed by atoms with Crippen molar-refractivity contribution in [2.45, 2.75) is 51.6 Å². The van der Waals surface area contributed by atoms with E-state index < -0.39 is 12.0 Å². The number of urea groups is 1. The van der Waals surface area contributed by atoms with Crippen LogP contribution < -0.4 is 10.6 Å². The molecule has 1 aliphatic carbocycles. The summed E-state index contributed by atoms with van der Waals surface area (Å²) in [6.07, 6.45) is 5.51. The van der Waals surface area contributed by atoms with Gasteiger partial charge >= 0.3 is 12.0 Å². The van der Waals surface area contributed by atoms with Gasteiger partial charge in [-0.05, 0) is 49.5 Å². The summed E-state index contributed by atoms with van der Waals surface area (Å²) >= 11 is 1.58. The molecule has 0 heterocycles. The van der Waals surface area contributed by atoms with E-state index in [1.54, 1.807) is 11.8 Å². The second-order valence-corrected chi connectivity index (χ2v) is 6.89. The van der Waals surface area contributed by atoms with Crippen molar-refractivity contribution in [1.82, 2.24) is 10.6 Å². The van der Waals surface area contributed by atoms with Gasteiger partial charge in [-0.2, -0.15) is 11.8 Å². The van der Waals surface area contributed by atoms with Crippen LogP contribution in [-0.4, -0.2) is 41.2 Å². The van der Waals surface area contributed by atoms with E-state index in [-0.39, 0.29) is 12.1 Å². The quantitative estimate of drug-likeness (QED) is 0.703. The number of hydrogen-bond acceptors (Lipinski definition) is 3. The molecule has 3 N–H and O–H groups in total. The van der Waals surface area contributed by atoms with E-state index in [0.29, 0.717) is 18.3 Å². The molecule has 5 nitrogen and oxygen atoms in total. The number of rotatable bonds is 6. The normalized spacial score (nSPS) is 27.6. The van der Waals surface area contributed by atoms with Crippen LogP contribution in [0.5, 0.6) is 0 Å². The molecule has 0 bridgehead atoms. The number of carboxylic acids is 1. The molecule has 0 saturated heterocycles. The second kappa shape index (κ2) is 8.39. The molecule has 2 amide bonds. The topological polar surface area (TPSA) is 78.4 Å². The number of carbonyl (C=O) groups excluding carboxylic acids is 1. The Balaban J connectivity index is 2.42. The maximum Gasteiger partial charge on any atom is 0.326 e. The Hall–Kier alpha value is -0.910. The lowest BCUT2D eigenvalue weighted by Gasteiger charge is -2.32. The molecule has 1 aliphatic rings. The summed E-state index contributed by atoms with van der Waals surface area (Å²) in [7, 11) is 0. The van der Waals surface area contributed by atoms with Gasteiger partial charge in [0, 0.05) is 6.04 Å². The van der Waals surface area contributed by atoms with Crippen molar-refractivity contribution in [1.29, 1.82) is 0 Å². The Kier molecular flexibility index (Phi) is 7.19. The molecule has 1 fully saturated rings. The fraction of sp³-hybridized carbons (Fsp3) is 0.857. The van der Waals surface area contributed by atoms with Crippen LogP contribution in [0.2, 0.25) is 0 Å². The third kappa shape index (κ3) is 6.03. The van der Waals surface area contributed by atoms with Crippen LogP contribution in [0, 0.1) is 11.8 Å². The Labute approximate surface area is 125 Å². The van der Waals surface area contributed by atoms with E-state index in [9.17, 15) is 9.59 Å². The number of aliphatic carboxylic acids is 1. The Morgan fingerprint density at radius 2 is 1.85 bits per heavy atom. The van der Waals surface area contributed by atoms with Crippen LogP contribution in [0.4, 0.5) is 4.79 Å². The van der Waals surface area contributed by atoms with Gasteiger partial charge in [-0.15, -0.1) is 0 Å². The first-order valence-corrected chi connectivity index (χ1v) is 8.60. The lowest BCUT2D eigenvalue weighted by atomic mass is 9.80. The number of amides is 2. The van der Waals surface area contributed by atoms with Crippen LogP contribution in [-0.2, 0) is 4.79 Å². The highest BCUT2D eigenvalue weighted by atomic mass is 32.2. The molecule has 0 aromatic heterocycles. The van der Waals surface area contributed by atoms with Crippen molar-refractivity contribution >= 4 is 23.8 Å². The fourth-order valence-corrected chi connectivity index (χ4v) is 3.41. The van der Waals surface area contributed by atoms with Crippen molar-refractivity contribution in [2.24, 2.45) is 11.8 Å². The smallest absolute Gasteiger partial charge is 0.326 e. The minimum absolute atomic E-state index is 0.156. The van der Waals surface area contributed by atoms with Crippen LogP contribution in [0.1, 0.15) is 39.5 Å². The van der Waals surface area contributed by atoms with Gasteiger partial charge in [0.05, 0.1) is 0 Å². The number of carbonyl (C=O) groups is 2. The minimum atomic E-state index is -0.973. The van der Waals surface area contributed by atoms with Crippen molar-refractivity contribution in [3.05, 3.63) is 0 Å². The molecule has 0 aromatic rings. The molecule has 0 aliphatic heterocycles. The van der Waals surface area contributed by atoms with E-state index in [0.717, 1.165) is 18.6 Å². The van der Waals surface area contributed by atoms with Gasteiger partial charge in [0.15, 0.2) is 0 Å². The molecular weight excluding hydrogens is 276 g/mol. The zero-order valence-corrected chi connectivity index (χ0v) is 13.3. The standard InChI is InChI=1S/C14H26N2O3S/c1-9-6-10(2)8-11(7-9)15-14(19)16-12(13(17)18)4-5-20-3/h9-12H,4-8H2,1-3H3,(H,17,18)(H2,15,16,19)/t9?,10?,11?,12-/m1/s1. The van der Waals surface area contributed by atoms with Crippen LogP contribution >= 0.6 is 11.8 Å². The van der Waals surface area contributed by atoms with E-state index in [4.69, 9.17) is 5.11 Å². The van der Waals surface area contributed by atoms with Crippen LogP contribution in [0.25, 0.3) is 0 Å².